The number of nitriles is 1. The van der Waals surface area contributed by atoms with Crippen molar-refractivity contribution < 1.29 is 9.90 Å². The molecule has 0 aromatic heterocycles. The van der Waals surface area contributed by atoms with Gasteiger partial charge in [0.1, 0.15) is 5.60 Å². The van der Waals surface area contributed by atoms with Gasteiger partial charge < -0.3 is 15.3 Å². The molecule has 1 saturated heterocycles. The van der Waals surface area contributed by atoms with Crippen LogP contribution < -0.4 is 21.1 Å². The van der Waals surface area contributed by atoms with Crippen molar-refractivity contribution in [2.24, 2.45) is 0 Å². The zero-order chi connectivity index (χ0) is 23.2. The Kier molecular flexibility index (Phi) is 5.47. The maximum Gasteiger partial charge on any atom is 0.270 e. The molecule has 2 heterocycles. The molecule has 3 atom stereocenters. The van der Waals surface area contributed by atoms with Crippen molar-refractivity contribution in [1.82, 2.24) is 16.2 Å². The highest BCUT2D eigenvalue weighted by Gasteiger charge is 2.48. The number of hydrazine groups is 1. The molecule has 2 fully saturated rings. The van der Waals surface area contributed by atoms with Crippen LogP contribution in [-0.2, 0) is 4.79 Å². The number of carbonyl (C=O) groups excluding carboxylic acids is 1. The number of nitrogens with zero attached hydrogens (tertiary/aromatic N) is 2. The molecule has 2 aromatic rings. The highest BCUT2D eigenvalue weighted by molar-refractivity contribution is 7.80. The van der Waals surface area contributed by atoms with E-state index in [1.807, 2.05) is 12.1 Å². The standard InChI is InChI=1S/C25H27N5O2S/c1-15-18-4-2-3-5-19(18)22-13-17(27-24(33)29-28-23(31)25(32)9-10-25)8-11-30(22)21-7-6-16(14-26)12-20(15)21/h2-7,12,15,17,22,32H,8-11,13H2,1H3,(H,28,31)(H2,27,29,33)/t15-,17?,22-/m0/s1. The number of fused-ring (bicyclic) bond motifs is 5. The van der Waals surface area contributed by atoms with Crippen LogP contribution in [0, 0.1) is 11.3 Å². The summed E-state index contributed by atoms with van der Waals surface area (Å²) in [6.07, 6.45) is 2.70. The SMILES string of the molecule is C[C@H]1c2ccccc2[C@@H]2CC(NC(=S)NNC(=O)C3(O)CC3)CCN2c2ccc(C#N)cc21. The van der Waals surface area contributed by atoms with Crippen LogP contribution in [0.4, 0.5) is 5.69 Å². The summed E-state index contributed by atoms with van der Waals surface area (Å²) in [5.41, 5.74) is 9.64. The van der Waals surface area contributed by atoms with E-state index in [1.54, 1.807) is 0 Å². The lowest BCUT2D eigenvalue weighted by Crippen LogP contribution is -2.54. The number of nitrogens with one attached hydrogen (secondary N) is 3. The van der Waals surface area contributed by atoms with E-state index in [1.165, 1.54) is 22.4 Å². The summed E-state index contributed by atoms with van der Waals surface area (Å²) in [5, 5.41) is 23.0. The molecule has 4 N–H and O–H groups in total. The van der Waals surface area contributed by atoms with Gasteiger partial charge in [0, 0.05) is 24.2 Å². The molecule has 2 aliphatic heterocycles. The molecule has 33 heavy (non-hydrogen) atoms. The molecular weight excluding hydrogens is 434 g/mol. The van der Waals surface area contributed by atoms with Gasteiger partial charge >= 0.3 is 0 Å². The highest BCUT2D eigenvalue weighted by Crippen LogP contribution is 2.46. The number of hydrogen-bond donors (Lipinski definition) is 4. The van der Waals surface area contributed by atoms with Gasteiger partial charge in [0.15, 0.2) is 5.11 Å². The van der Waals surface area contributed by atoms with Crippen LogP contribution >= 0.6 is 12.2 Å². The van der Waals surface area contributed by atoms with Crippen molar-refractivity contribution >= 4 is 28.9 Å². The van der Waals surface area contributed by atoms with E-state index in [2.05, 4.69) is 64.4 Å². The lowest BCUT2D eigenvalue weighted by Gasteiger charge is -2.41. The van der Waals surface area contributed by atoms with E-state index in [4.69, 9.17) is 12.2 Å². The summed E-state index contributed by atoms with van der Waals surface area (Å²) in [7, 11) is 0. The third-order valence-electron chi connectivity index (χ3n) is 7.13. The van der Waals surface area contributed by atoms with E-state index < -0.39 is 11.5 Å². The number of hydrogen-bond acceptors (Lipinski definition) is 5. The second kappa shape index (κ2) is 8.32. The Morgan fingerprint density at radius 2 is 1.94 bits per heavy atom. The Hall–Kier alpha value is -3.15. The molecule has 170 valence electrons. The number of thiocarbonyl (C=S) groups is 1. The topological polar surface area (TPSA) is 100 Å². The average Bonchev–Trinajstić information content (AvgIpc) is 3.61. The third-order valence-corrected chi connectivity index (χ3v) is 7.35. The molecule has 1 amide bonds. The monoisotopic (exact) mass is 461 g/mol. The van der Waals surface area contributed by atoms with Crippen molar-refractivity contribution in [3.63, 3.8) is 0 Å². The maximum atomic E-state index is 11.9. The smallest absolute Gasteiger partial charge is 0.270 e. The van der Waals surface area contributed by atoms with Gasteiger partial charge in [-0.25, -0.2) is 0 Å². The van der Waals surface area contributed by atoms with Crippen molar-refractivity contribution in [1.29, 1.82) is 5.26 Å². The molecule has 7 nitrogen and oxygen atoms in total. The first-order valence-electron chi connectivity index (χ1n) is 11.4. The van der Waals surface area contributed by atoms with Crippen molar-refractivity contribution in [3.05, 3.63) is 64.7 Å². The van der Waals surface area contributed by atoms with E-state index in [9.17, 15) is 15.2 Å². The number of anilines is 1. The van der Waals surface area contributed by atoms with Gasteiger partial charge in [0.25, 0.3) is 5.91 Å². The van der Waals surface area contributed by atoms with Crippen LogP contribution in [0.2, 0.25) is 0 Å². The Morgan fingerprint density at radius 3 is 2.67 bits per heavy atom. The summed E-state index contributed by atoms with van der Waals surface area (Å²) >= 11 is 5.39. The second-order valence-electron chi connectivity index (χ2n) is 9.25. The largest absolute Gasteiger partial charge is 0.380 e. The fourth-order valence-electron chi connectivity index (χ4n) is 5.09. The minimum atomic E-state index is -1.24. The fraction of sp³-hybridized carbons (Fsp3) is 0.400. The number of piperidine rings is 1. The molecule has 1 aliphatic carbocycles. The minimum absolute atomic E-state index is 0.135. The first-order valence-corrected chi connectivity index (χ1v) is 11.8. The van der Waals surface area contributed by atoms with Gasteiger partial charge in [-0.1, -0.05) is 31.2 Å². The normalized spacial score (nSPS) is 24.2. The summed E-state index contributed by atoms with van der Waals surface area (Å²) in [6.45, 7) is 3.06. The number of benzene rings is 2. The van der Waals surface area contributed by atoms with Gasteiger partial charge in [0.2, 0.25) is 0 Å². The van der Waals surface area contributed by atoms with E-state index in [0.717, 1.165) is 19.4 Å². The van der Waals surface area contributed by atoms with Crippen LogP contribution in [0.5, 0.6) is 0 Å². The lowest BCUT2D eigenvalue weighted by atomic mass is 9.86. The summed E-state index contributed by atoms with van der Waals surface area (Å²) < 4.78 is 0. The van der Waals surface area contributed by atoms with Crippen LogP contribution in [0.3, 0.4) is 0 Å². The third kappa shape index (κ3) is 4.03. The first-order chi connectivity index (χ1) is 15.9. The molecule has 5 rings (SSSR count). The molecule has 3 aliphatic rings. The molecule has 0 spiro atoms. The van der Waals surface area contributed by atoms with Crippen LogP contribution in [0.15, 0.2) is 42.5 Å². The van der Waals surface area contributed by atoms with Gasteiger partial charge in [-0.15, -0.1) is 0 Å². The Balaban J connectivity index is 1.36. The molecule has 0 bridgehead atoms. The van der Waals surface area contributed by atoms with E-state index in [-0.39, 0.29) is 18.0 Å². The van der Waals surface area contributed by atoms with E-state index >= 15 is 0 Å². The van der Waals surface area contributed by atoms with E-state index in [0.29, 0.717) is 23.5 Å². The minimum Gasteiger partial charge on any atom is -0.380 e. The predicted octanol–water partition coefficient (Wildman–Crippen LogP) is 2.75. The lowest BCUT2D eigenvalue weighted by molar-refractivity contribution is -0.132. The molecule has 8 heteroatoms. The summed E-state index contributed by atoms with van der Waals surface area (Å²) in [6, 6.07) is 17.2. The van der Waals surface area contributed by atoms with Gasteiger partial charge in [-0.2, -0.15) is 5.26 Å². The zero-order valence-electron chi connectivity index (χ0n) is 18.5. The van der Waals surface area contributed by atoms with Crippen LogP contribution in [0.1, 0.15) is 66.8 Å². The molecule has 1 unspecified atom stereocenters. The number of carbonyl (C=O) groups is 1. The zero-order valence-corrected chi connectivity index (χ0v) is 19.3. The second-order valence-corrected chi connectivity index (χ2v) is 9.66. The molecule has 1 saturated carbocycles. The van der Waals surface area contributed by atoms with Gasteiger partial charge in [0.05, 0.1) is 17.7 Å². The fourth-order valence-corrected chi connectivity index (χ4v) is 5.30. The first kappa shape index (κ1) is 21.7. The van der Waals surface area contributed by atoms with Crippen molar-refractivity contribution in [2.75, 3.05) is 11.4 Å². The summed E-state index contributed by atoms with van der Waals surface area (Å²) in [4.78, 5) is 14.4. The predicted molar refractivity (Wildman–Crippen MR) is 129 cm³/mol. The molecule has 2 aromatic carbocycles. The Morgan fingerprint density at radius 1 is 1.18 bits per heavy atom. The van der Waals surface area contributed by atoms with Gasteiger partial charge in [-0.05, 0) is 72.8 Å². The highest BCUT2D eigenvalue weighted by atomic mass is 32.1. The van der Waals surface area contributed by atoms with Gasteiger partial charge in [-0.3, -0.25) is 15.6 Å². The number of amides is 1. The Bertz CT molecular complexity index is 1160. The number of aliphatic hydroxyl groups is 1. The van der Waals surface area contributed by atoms with Crippen molar-refractivity contribution in [2.45, 2.75) is 56.2 Å². The molecule has 0 radical (unpaired) electrons. The quantitative estimate of drug-likeness (QED) is 0.403. The van der Waals surface area contributed by atoms with Crippen molar-refractivity contribution in [3.8, 4) is 6.07 Å². The Labute approximate surface area is 198 Å². The maximum absolute atomic E-state index is 11.9. The number of rotatable bonds is 2. The van der Waals surface area contributed by atoms with Crippen LogP contribution in [0.25, 0.3) is 0 Å². The van der Waals surface area contributed by atoms with Crippen LogP contribution in [-0.4, -0.2) is 34.3 Å². The summed E-state index contributed by atoms with van der Waals surface area (Å²) in [5.74, 6) is -0.255. The average molecular weight is 462 g/mol. The molecular formula is C25H27N5O2S.